The fraction of sp³-hybridized carbons (Fsp3) is 0.350. The molecule has 0 aromatic heterocycles. The fourth-order valence-corrected chi connectivity index (χ4v) is 4.76. The summed E-state index contributed by atoms with van der Waals surface area (Å²) in [6.07, 6.45) is 0. The number of nitrogens with zero attached hydrogens (tertiary/aromatic N) is 2. The van der Waals surface area contributed by atoms with E-state index < -0.39 is 10.0 Å². The van der Waals surface area contributed by atoms with Crippen LogP contribution in [0, 0.1) is 0 Å². The van der Waals surface area contributed by atoms with Gasteiger partial charge in [0.05, 0.1) is 35.8 Å². The van der Waals surface area contributed by atoms with E-state index in [1.165, 1.54) is 27.4 Å². The minimum atomic E-state index is -3.73. The summed E-state index contributed by atoms with van der Waals surface area (Å²) in [6, 6.07) is 11.6. The van der Waals surface area contributed by atoms with Crippen LogP contribution in [0.15, 0.2) is 47.4 Å². The molecule has 2 aromatic carbocycles. The number of sulfonamides is 1. The second kappa shape index (κ2) is 9.13. The Morgan fingerprint density at radius 2 is 1.90 bits per heavy atom. The molecular formula is C20H23ClN2O5S. The molecular weight excluding hydrogens is 416 g/mol. The molecule has 0 bridgehead atoms. The molecule has 2 aromatic rings. The van der Waals surface area contributed by atoms with Gasteiger partial charge in [0, 0.05) is 32.2 Å². The normalized spacial score (nSPS) is 15.1. The van der Waals surface area contributed by atoms with Gasteiger partial charge >= 0.3 is 0 Å². The highest BCUT2D eigenvalue weighted by atomic mass is 35.5. The number of para-hydroxylation sites is 1. The van der Waals surface area contributed by atoms with Gasteiger partial charge in [-0.2, -0.15) is 4.31 Å². The molecule has 0 atom stereocenters. The molecule has 1 aliphatic heterocycles. The lowest BCUT2D eigenvalue weighted by atomic mass is 10.1. The first-order chi connectivity index (χ1) is 13.8. The van der Waals surface area contributed by atoms with Crippen LogP contribution in [0.1, 0.15) is 15.9 Å². The Labute approximate surface area is 175 Å². The third kappa shape index (κ3) is 4.72. The average molecular weight is 439 g/mol. The van der Waals surface area contributed by atoms with Crippen molar-refractivity contribution in [2.45, 2.75) is 11.4 Å². The molecule has 0 unspecified atom stereocenters. The zero-order chi connectivity index (χ0) is 21.0. The molecule has 0 N–H and O–H groups in total. The zero-order valence-corrected chi connectivity index (χ0v) is 17.9. The van der Waals surface area contributed by atoms with Gasteiger partial charge in [-0.05, 0) is 24.3 Å². The minimum absolute atomic E-state index is 0.0397. The van der Waals surface area contributed by atoms with Crippen molar-refractivity contribution in [1.82, 2.24) is 9.21 Å². The van der Waals surface area contributed by atoms with Gasteiger partial charge < -0.3 is 14.4 Å². The maximum atomic E-state index is 13.0. The molecule has 1 fully saturated rings. The monoisotopic (exact) mass is 438 g/mol. The first-order valence-corrected chi connectivity index (χ1v) is 10.9. The number of benzene rings is 2. The molecule has 7 nitrogen and oxygen atoms in total. The molecule has 0 spiro atoms. The number of halogens is 1. The highest BCUT2D eigenvalue weighted by Gasteiger charge is 2.28. The molecule has 1 saturated heterocycles. The van der Waals surface area contributed by atoms with Crippen LogP contribution >= 0.6 is 11.6 Å². The van der Waals surface area contributed by atoms with E-state index in [1.807, 2.05) is 24.3 Å². The van der Waals surface area contributed by atoms with Crippen LogP contribution in [-0.2, 0) is 21.3 Å². The van der Waals surface area contributed by atoms with E-state index in [0.717, 1.165) is 5.56 Å². The summed E-state index contributed by atoms with van der Waals surface area (Å²) in [4.78, 5) is 14.5. The largest absolute Gasteiger partial charge is 0.496 e. The van der Waals surface area contributed by atoms with Gasteiger partial charge in [-0.25, -0.2) is 8.42 Å². The van der Waals surface area contributed by atoms with Crippen molar-refractivity contribution < 1.29 is 22.7 Å². The summed E-state index contributed by atoms with van der Waals surface area (Å²) in [5, 5.41) is 0.197. The summed E-state index contributed by atoms with van der Waals surface area (Å²) in [5.74, 6) is 0.293. The Balaban J connectivity index is 1.86. The summed E-state index contributed by atoms with van der Waals surface area (Å²) in [6.45, 7) is 1.55. The number of ether oxygens (including phenoxy) is 2. The number of hydrogen-bond donors (Lipinski definition) is 0. The predicted molar refractivity (Wildman–Crippen MR) is 110 cm³/mol. The molecule has 0 aliphatic carbocycles. The van der Waals surface area contributed by atoms with Gasteiger partial charge in [0.25, 0.3) is 5.91 Å². The van der Waals surface area contributed by atoms with Crippen molar-refractivity contribution in [3.8, 4) is 5.75 Å². The van der Waals surface area contributed by atoms with Gasteiger partial charge in [-0.15, -0.1) is 0 Å². The van der Waals surface area contributed by atoms with Crippen LogP contribution in [-0.4, -0.2) is 64.0 Å². The Bertz CT molecular complexity index is 990. The number of methoxy groups -OCH3 is 1. The lowest BCUT2D eigenvalue weighted by Crippen LogP contribution is -2.40. The topological polar surface area (TPSA) is 76.2 Å². The van der Waals surface area contributed by atoms with Crippen LogP contribution in [0.3, 0.4) is 0 Å². The third-order valence-electron chi connectivity index (χ3n) is 4.72. The number of hydrogen-bond acceptors (Lipinski definition) is 5. The van der Waals surface area contributed by atoms with Crippen molar-refractivity contribution >= 4 is 27.5 Å². The van der Waals surface area contributed by atoms with E-state index in [1.54, 1.807) is 14.2 Å². The average Bonchev–Trinajstić information content (AvgIpc) is 2.74. The van der Waals surface area contributed by atoms with Crippen LogP contribution in [0.2, 0.25) is 5.02 Å². The SMILES string of the molecule is COc1ccccc1CN(C)C(=O)c1cc(S(=O)(=O)N2CCOCC2)ccc1Cl. The smallest absolute Gasteiger partial charge is 0.255 e. The molecule has 3 rings (SSSR count). The highest BCUT2D eigenvalue weighted by molar-refractivity contribution is 7.89. The van der Waals surface area contributed by atoms with E-state index in [-0.39, 0.29) is 34.5 Å². The van der Waals surface area contributed by atoms with Crippen molar-refractivity contribution in [2.24, 2.45) is 0 Å². The van der Waals surface area contributed by atoms with Crippen LogP contribution in [0.25, 0.3) is 0 Å². The summed E-state index contributed by atoms with van der Waals surface area (Å²) >= 11 is 6.23. The maximum Gasteiger partial charge on any atom is 0.255 e. The van der Waals surface area contributed by atoms with Crippen molar-refractivity contribution in [3.05, 3.63) is 58.6 Å². The van der Waals surface area contributed by atoms with E-state index in [4.69, 9.17) is 21.1 Å². The first-order valence-electron chi connectivity index (χ1n) is 9.09. The van der Waals surface area contributed by atoms with E-state index in [9.17, 15) is 13.2 Å². The fourth-order valence-electron chi connectivity index (χ4n) is 3.13. The number of amides is 1. The third-order valence-corrected chi connectivity index (χ3v) is 6.95. The van der Waals surface area contributed by atoms with Gasteiger partial charge in [-0.1, -0.05) is 29.8 Å². The van der Waals surface area contributed by atoms with E-state index in [0.29, 0.717) is 25.5 Å². The van der Waals surface area contributed by atoms with Crippen LogP contribution in [0.5, 0.6) is 5.75 Å². The molecule has 9 heteroatoms. The molecule has 1 amide bonds. The molecule has 1 heterocycles. The molecule has 156 valence electrons. The number of rotatable bonds is 6. The second-order valence-corrected chi connectivity index (χ2v) is 8.98. The van der Waals surface area contributed by atoms with Crippen LogP contribution in [0.4, 0.5) is 0 Å². The predicted octanol–water partition coefficient (Wildman–Crippen LogP) is 2.64. The number of carbonyl (C=O) groups excluding carboxylic acids is 1. The lowest BCUT2D eigenvalue weighted by molar-refractivity contribution is 0.0730. The zero-order valence-electron chi connectivity index (χ0n) is 16.3. The van der Waals surface area contributed by atoms with Gasteiger partial charge in [0.2, 0.25) is 10.0 Å². The second-order valence-electron chi connectivity index (χ2n) is 6.63. The van der Waals surface area contributed by atoms with Crippen molar-refractivity contribution in [2.75, 3.05) is 40.5 Å². The van der Waals surface area contributed by atoms with Crippen molar-refractivity contribution in [3.63, 3.8) is 0 Å². The van der Waals surface area contributed by atoms with Gasteiger partial charge in [0.15, 0.2) is 0 Å². The molecule has 1 aliphatic rings. The Hall–Kier alpha value is -2.13. The maximum absolute atomic E-state index is 13.0. The summed E-state index contributed by atoms with van der Waals surface area (Å²) in [7, 11) is -0.526. The summed E-state index contributed by atoms with van der Waals surface area (Å²) < 4.78 is 37.7. The molecule has 0 radical (unpaired) electrons. The Morgan fingerprint density at radius 1 is 1.21 bits per heavy atom. The van der Waals surface area contributed by atoms with Gasteiger partial charge in [0.1, 0.15) is 5.75 Å². The van der Waals surface area contributed by atoms with Gasteiger partial charge in [-0.3, -0.25) is 4.79 Å². The lowest BCUT2D eigenvalue weighted by Gasteiger charge is -2.26. The molecule has 0 saturated carbocycles. The highest BCUT2D eigenvalue weighted by Crippen LogP contribution is 2.26. The number of carbonyl (C=O) groups is 1. The summed E-state index contributed by atoms with van der Waals surface area (Å²) in [5.41, 5.74) is 0.970. The minimum Gasteiger partial charge on any atom is -0.496 e. The molecule has 29 heavy (non-hydrogen) atoms. The standard InChI is InChI=1S/C20H23ClN2O5S/c1-22(14-15-5-3-4-6-19(15)27-2)20(24)17-13-16(7-8-18(17)21)29(25,26)23-9-11-28-12-10-23/h3-8,13H,9-12,14H2,1-2H3. The number of morpholine rings is 1. The quantitative estimate of drug-likeness (QED) is 0.693. The van der Waals surface area contributed by atoms with E-state index in [2.05, 4.69) is 0 Å². The first kappa shape index (κ1) is 21.6. The Kier molecular flexibility index (Phi) is 6.79. The Morgan fingerprint density at radius 3 is 2.59 bits per heavy atom. The van der Waals surface area contributed by atoms with Crippen LogP contribution < -0.4 is 4.74 Å². The van der Waals surface area contributed by atoms with E-state index >= 15 is 0 Å². The van der Waals surface area contributed by atoms with Crippen molar-refractivity contribution in [1.29, 1.82) is 0 Å².